The summed E-state index contributed by atoms with van der Waals surface area (Å²) < 4.78 is 0. The fourth-order valence-electron chi connectivity index (χ4n) is 3.05. The van der Waals surface area contributed by atoms with Crippen LogP contribution in [-0.4, -0.2) is 16.5 Å². The minimum Gasteiger partial charge on any atom is -0.307 e. The Kier molecular flexibility index (Phi) is 4.70. The number of nitrogens with one attached hydrogen (secondary N) is 1. The zero-order valence-corrected chi connectivity index (χ0v) is 11.8. The van der Waals surface area contributed by atoms with E-state index in [9.17, 15) is 0 Å². The summed E-state index contributed by atoms with van der Waals surface area (Å²) in [6.45, 7) is 7.89. The highest BCUT2D eigenvalue weighted by molar-refractivity contribution is 4.99. The van der Waals surface area contributed by atoms with Crippen molar-refractivity contribution in [2.45, 2.75) is 46.1 Å². The standard InChI is InChI=1S/C15H25N3/c1-4-16-14(15-17-8-5-9-18-15)13-7-6-11(2)12(3)10-13/h5,8-9,11-14,16H,4,6-7,10H2,1-3H3. The third-order valence-electron chi connectivity index (χ3n) is 4.40. The van der Waals surface area contributed by atoms with Crippen molar-refractivity contribution in [1.82, 2.24) is 15.3 Å². The molecule has 0 aliphatic heterocycles. The zero-order chi connectivity index (χ0) is 13.0. The van der Waals surface area contributed by atoms with Gasteiger partial charge < -0.3 is 5.32 Å². The zero-order valence-electron chi connectivity index (χ0n) is 11.8. The van der Waals surface area contributed by atoms with Crippen LogP contribution in [0.5, 0.6) is 0 Å². The van der Waals surface area contributed by atoms with Gasteiger partial charge in [-0.2, -0.15) is 0 Å². The molecule has 1 heterocycles. The molecule has 1 aliphatic rings. The first-order valence-corrected chi connectivity index (χ1v) is 7.22. The Morgan fingerprint density at radius 2 is 1.94 bits per heavy atom. The molecule has 0 saturated heterocycles. The van der Waals surface area contributed by atoms with Crippen LogP contribution in [0.25, 0.3) is 0 Å². The van der Waals surface area contributed by atoms with Crippen LogP contribution >= 0.6 is 0 Å². The Morgan fingerprint density at radius 3 is 2.56 bits per heavy atom. The highest BCUT2D eigenvalue weighted by atomic mass is 15.0. The number of aromatic nitrogens is 2. The number of nitrogens with zero attached hydrogens (tertiary/aromatic N) is 2. The lowest BCUT2D eigenvalue weighted by molar-refractivity contribution is 0.168. The summed E-state index contributed by atoms with van der Waals surface area (Å²) in [6, 6.07) is 2.21. The number of hydrogen-bond acceptors (Lipinski definition) is 3. The van der Waals surface area contributed by atoms with Gasteiger partial charge in [-0.1, -0.05) is 27.2 Å². The molecule has 100 valence electrons. The smallest absolute Gasteiger partial charge is 0.145 e. The first kappa shape index (κ1) is 13.5. The largest absolute Gasteiger partial charge is 0.307 e. The maximum atomic E-state index is 4.44. The first-order valence-electron chi connectivity index (χ1n) is 7.22. The second-order valence-corrected chi connectivity index (χ2v) is 5.67. The highest BCUT2D eigenvalue weighted by Crippen LogP contribution is 2.38. The van der Waals surface area contributed by atoms with E-state index in [1.54, 1.807) is 0 Å². The van der Waals surface area contributed by atoms with Crippen LogP contribution in [0.4, 0.5) is 0 Å². The Labute approximate surface area is 110 Å². The van der Waals surface area contributed by atoms with E-state index in [1.807, 2.05) is 18.5 Å². The maximum Gasteiger partial charge on any atom is 0.145 e. The van der Waals surface area contributed by atoms with E-state index >= 15 is 0 Å². The van der Waals surface area contributed by atoms with Crippen LogP contribution in [0.15, 0.2) is 18.5 Å². The molecule has 0 amide bonds. The number of rotatable bonds is 4. The second kappa shape index (κ2) is 6.28. The SMILES string of the molecule is CCNC(c1ncccn1)C1CCC(C)C(C)C1. The molecule has 1 aliphatic carbocycles. The molecule has 1 fully saturated rings. The molecule has 0 spiro atoms. The van der Waals surface area contributed by atoms with Crippen molar-refractivity contribution in [2.24, 2.45) is 17.8 Å². The van der Waals surface area contributed by atoms with Gasteiger partial charge >= 0.3 is 0 Å². The fraction of sp³-hybridized carbons (Fsp3) is 0.733. The number of hydrogen-bond donors (Lipinski definition) is 1. The summed E-state index contributed by atoms with van der Waals surface area (Å²) in [6.07, 6.45) is 7.61. The van der Waals surface area contributed by atoms with Crippen molar-refractivity contribution < 1.29 is 0 Å². The van der Waals surface area contributed by atoms with Gasteiger partial charge in [0.2, 0.25) is 0 Å². The van der Waals surface area contributed by atoms with Crippen LogP contribution in [0.1, 0.15) is 51.9 Å². The highest BCUT2D eigenvalue weighted by Gasteiger charge is 2.31. The quantitative estimate of drug-likeness (QED) is 0.888. The topological polar surface area (TPSA) is 37.8 Å². The van der Waals surface area contributed by atoms with E-state index in [4.69, 9.17) is 0 Å². The second-order valence-electron chi connectivity index (χ2n) is 5.67. The van der Waals surface area contributed by atoms with Crippen molar-refractivity contribution in [1.29, 1.82) is 0 Å². The van der Waals surface area contributed by atoms with Gasteiger partial charge in [-0.15, -0.1) is 0 Å². The lowest BCUT2D eigenvalue weighted by Gasteiger charge is -2.36. The monoisotopic (exact) mass is 247 g/mol. The molecule has 4 atom stereocenters. The summed E-state index contributed by atoms with van der Waals surface area (Å²) in [5, 5.41) is 3.58. The molecule has 3 nitrogen and oxygen atoms in total. The lowest BCUT2D eigenvalue weighted by atomic mass is 9.73. The lowest BCUT2D eigenvalue weighted by Crippen LogP contribution is -2.34. The van der Waals surface area contributed by atoms with Gasteiger partial charge in [-0.25, -0.2) is 9.97 Å². The van der Waals surface area contributed by atoms with E-state index in [2.05, 4.69) is 36.1 Å². The molecule has 4 unspecified atom stereocenters. The molecule has 0 bridgehead atoms. The van der Waals surface area contributed by atoms with Gasteiger partial charge in [0.15, 0.2) is 0 Å². The van der Waals surface area contributed by atoms with Crippen LogP contribution < -0.4 is 5.32 Å². The summed E-state index contributed by atoms with van der Waals surface area (Å²) in [5.74, 6) is 3.32. The Balaban J connectivity index is 2.11. The molecule has 1 aromatic heterocycles. The molecule has 1 N–H and O–H groups in total. The Morgan fingerprint density at radius 1 is 1.22 bits per heavy atom. The third kappa shape index (κ3) is 3.08. The molecular formula is C15H25N3. The van der Waals surface area contributed by atoms with Crippen LogP contribution in [0, 0.1) is 17.8 Å². The summed E-state index contributed by atoms with van der Waals surface area (Å²) in [7, 11) is 0. The van der Waals surface area contributed by atoms with Gasteiger partial charge in [0, 0.05) is 12.4 Å². The molecule has 2 rings (SSSR count). The minimum atomic E-state index is 0.325. The molecule has 0 aromatic carbocycles. The van der Waals surface area contributed by atoms with Crippen LogP contribution in [0.2, 0.25) is 0 Å². The first-order chi connectivity index (χ1) is 8.72. The van der Waals surface area contributed by atoms with Gasteiger partial charge in [0.1, 0.15) is 5.82 Å². The van der Waals surface area contributed by atoms with E-state index in [1.165, 1.54) is 19.3 Å². The van der Waals surface area contributed by atoms with E-state index < -0.39 is 0 Å². The minimum absolute atomic E-state index is 0.325. The van der Waals surface area contributed by atoms with E-state index in [-0.39, 0.29) is 0 Å². The molecule has 1 aromatic rings. The van der Waals surface area contributed by atoms with Gasteiger partial charge in [0.05, 0.1) is 6.04 Å². The fourth-order valence-corrected chi connectivity index (χ4v) is 3.05. The third-order valence-corrected chi connectivity index (χ3v) is 4.40. The van der Waals surface area contributed by atoms with Crippen LogP contribution in [-0.2, 0) is 0 Å². The van der Waals surface area contributed by atoms with Gasteiger partial charge in [-0.05, 0) is 43.2 Å². The molecular weight excluding hydrogens is 222 g/mol. The molecule has 0 radical (unpaired) electrons. The average Bonchev–Trinajstić information content (AvgIpc) is 2.40. The predicted molar refractivity (Wildman–Crippen MR) is 74.1 cm³/mol. The normalized spacial score (nSPS) is 30.1. The van der Waals surface area contributed by atoms with Crippen molar-refractivity contribution in [2.75, 3.05) is 6.54 Å². The predicted octanol–water partition coefficient (Wildman–Crippen LogP) is 3.20. The van der Waals surface area contributed by atoms with Gasteiger partial charge in [0.25, 0.3) is 0 Å². The Hall–Kier alpha value is -0.960. The Bertz CT molecular complexity index is 352. The van der Waals surface area contributed by atoms with Crippen LogP contribution in [0.3, 0.4) is 0 Å². The van der Waals surface area contributed by atoms with Crippen molar-refractivity contribution in [3.05, 3.63) is 24.3 Å². The van der Waals surface area contributed by atoms with E-state index in [0.29, 0.717) is 12.0 Å². The molecule has 1 saturated carbocycles. The summed E-state index contributed by atoms with van der Waals surface area (Å²) in [4.78, 5) is 8.89. The van der Waals surface area contributed by atoms with Gasteiger partial charge in [-0.3, -0.25) is 0 Å². The molecule has 3 heteroatoms. The van der Waals surface area contributed by atoms with Crippen molar-refractivity contribution in [3.63, 3.8) is 0 Å². The summed E-state index contributed by atoms with van der Waals surface area (Å²) >= 11 is 0. The summed E-state index contributed by atoms with van der Waals surface area (Å²) in [5.41, 5.74) is 0. The van der Waals surface area contributed by atoms with Crippen molar-refractivity contribution >= 4 is 0 Å². The maximum absolute atomic E-state index is 4.44. The molecule has 18 heavy (non-hydrogen) atoms. The van der Waals surface area contributed by atoms with E-state index in [0.717, 1.165) is 24.2 Å². The van der Waals surface area contributed by atoms with Crippen molar-refractivity contribution in [3.8, 4) is 0 Å². The average molecular weight is 247 g/mol.